The molecule has 0 aliphatic rings. The minimum absolute atomic E-state index is 0.189. The van der Waals surface area contributed by atoms with Crippen LogP contribution in [0.2, 0.25) is 0 Å². The highest BCUT2D eigenvalue weighted by atomic mass is 16.5. The summed E-state index contributed by atoms with van der Waals surface area (Å²) < 4.78 is 5.66. The average molecular weight is 402 g/mol. The molecule has 0 aliphatic heterocycles. The van der Waals surface area contributed by atoms with Gasteiger partial charge in [-0.25, -0.2) is 0 Å². The lowest BCUT2D eigenvalue weighted by Gasteiger charge is -2.18. The molecule has 0 saturated heterocycles. The smallest absolute Gasteiger partial charge is 0.276 e. The average Bonchev–Trinajstić information content (AvgIpc) is 2.78. The molecular weight excluding hydrogens is 376 g/mol. The van der Waals surface area contributed by atoms with Gasteiger partial charge in [-0.1, -0.05) is 92.7 Å². The summed E-state index contributed by atoms with van der Waals surface area (Å²) in [4.78, 5) is 25.1. The Morgan fingerprint density at radius 3 is 1.87 bits per heavy atom. The van der Waals surface area contributed by atoms with Crippen LogP contribution in [0.3, 0.4) is 0 Å². The molecule has 0 atom stereocenters. The molecule has 30 heavy (non-hydrogen) atoms. The zero-order valence-electron chi connectivity index (χ0n) is 17.2. The molecule has 0 aromatic heterocycles. The largest absolute Gasteiger partial charge is 0.483 e. The van der Waals surface area contributed by atoms with E-state index < -0.39 is 11.8 Å². The van der Waals surface area contributed by atoms with Gasteiger partial charge in [0.05, 0.1) is 5.92 Å². The molecule has 0 fully saturated rings. The van der Waals surface area contributed by atoms with Crippen molar-refractivity contribution in [2.75, 3.05) is 6.61 Å². The molecule has 3 rings (SSSR count). The fourth-order valence-corrected chi connectivity index (χ4v) is 3.26. The van der Waals surface area contributed by atoms with Crippen LogP contribution in [-0.4, -0.2) is 18.4 Å². The summed E-state index contributed by atoms with van der Waals surface area (Å²) in [5.41, 5.74) is 7.71. The first kappa shape index (κ1) is 21.1. The van der Waals surface area contributed by atoms with Gasteiger partial charge in [-0.3, -0.25) is 20.4 Å². The van der Waals surface area contributed by atoms with Crippen LogP contribution < -0.4 is 15.6 Å². The minimum Gasteiger partial charge on any atom is -0.483 e. The predicted octanol–water partition coefficient (Wildman–Crippen LogP) is 4.17. The SMILES string of the molecule is CC(C)c1ccccc1OCC(=O)NNC(=O)C(c1ccccc1)c1ccccc1. The topological polar surface area (TPSA) is 67.4 Å². The lowest BCUT2D eigenvalue weighted by Crippen LogP contribution is -2.46. The Labute approximate surface area is 177 Å². The maximum atomic E-state index is 12.9. The number of para-hydroxylation sites is 1. The van der Waals surface area contributed by atoms with Gasteiger partial charge in [0.1, 0.15) is 5.75 Å². The van der Waals surface area contributed by atoms with Gasteiger partial charge in [0.25, 0.3) is 5.91 Å². The highest BCUT2D eigenvalue weighted by molar-refractivity contribution is 5.89. The van der Waals surface area contributed by atoms with Crippen molar-refractivity contribution in [2.45, 2.75) is 25.7 Å². The van der Waals surface area contributed by atoms with Gasteiger partial charge < -0.3 is 4.74 Å². The molecular formula is C25H26N2O3. The number of benzene rings is 3. The molecule has 0 aliphatic carbocycles. The highest BCUT2D eigenvalue weighted by Crippen LogP contribution is 2.26. The summed E-state index contributed by atoms with van der Waals surface area (Å²) >= 11 is 0. The van der Waals surface area contributed by atoms with E-state index in [1.54, 1.807) is 0 Å². The number of carbonyl (C=O) groups excluding carboxylic acids is 2. The maximum Gasteiger partial charge on any atom is 0.276 e. The number of hydrogen-bond donors (Lipinski definition) is 2. The van der Waals surface area contributed by atoms with E-state index in [2.05, 4.69) is 24.7 Å². The summed E-state index contributed by atoms with van der Waals surface area (Å²) in [6.45, 7) is 3.94. The Hall–Kier alpha value is -3.60. The third-order valence-corrected chi connectivity index (χ3v) is 4.75. The van der Waals surface area contributed by atoms with Crippen LogP contribution >= 0.6 is 0 Å². The van der Waals surface area contributed by atoms with Gasteiger partial charge >= 0.3 is 0 Å². The maximum absolute atomic E-state index is 12.9. The molecule has 5 heteroatoms. The molecule has 3 aromatic rings. The fourth-order valence-electron chi connectivity index (χ4n) is 3.26. The second-order valence-corrected chi connectivity index (χ2v) is 7.27. The van der Waals surface area contributed by atoms with Crippen molar-refractivity contribution in [1.82, 2.24) is 10.9 Å². The van der Waals surface area contributed by atoms with Crippen molar-refractivity contribution in [3.05, 3.63) is 102 Å². The van der Waals surface area contributed by atoms with Gasteiger partial charge in [-0.15, -0.1) is 0 Å². The van der Waals surface area contributed by atoms with Gasteiger partial charge in [0.2, 0.25) is 5.91 Å². The molecule has 3 aromatic carbocycles. The normalized spacial score (nSPS) is 10.7. The minimum atomic E-state index is -0.532. The second-order valence-electron chi connectivity index (χ2n) is 7.27. The molecule has 2 N–H and O–H groups in total. The van der Waals surface area contributed by atoms with Crippen LogP contribution in [0.15, 0.2) is 84.9 Å². The van der Waals surface area contributed by atoms with Crippen molar-refractivity contribution < 1.29 is 14.3 Å². The second kappa shape index (κ2) is 10.3. The first-order chi connectivity index (χ1) is 14.6. The zero-order valence-corrected chi connectivity index (χ0v) is 17.2. The van der Waals surface area contributed by atoms with Crippen molar-refractivity contribution >= 4 is 11.8 Å². The van der Waals surface area contributed by atoms with Crippen molar-refractivity contribution in [2.24, 2.45) is 0 Å². The summed E-state index contributed by atoms with van der Waals surface area (Å²) in [6, 6.07) is 26.5. The number of rotatable bonds is 7. The lowest BCUT2D eigenvalue weighted by atomic mass is 9.91. The Bertz CT molecular complexity index is 932. The Kier molecular flexibility index (Phi) is 7.22. The molecule has 2 amide bonds. The lowest BCUT2D eigenvalue weighted by molar-refractivity contribution is -0.130. The molecule has 0 saturated carbocycles. The summed E-state index contributed by atoms with van der Waals surface area (Å²) in [5.74, 6) is -0.331. The zero-order chi connectivity index (χ0) is 21.3. The van der Waals surface area contributed by atoms with E-state index in [0.29, 0.717) is 5.75 Å². The van der Waals surface area contributed by atoms with Gasteiger partial charge in [0.15, 0.2) is 6.61 Å². The first-order valence-electron chi connectivity index (χ1n) is 9.96. The Morgan fingerprint density at radius 2 is 1.30 bits per heavy atom. The summed E-state index contributed by atoms with van der Waals surface area (Å²) in [5, 5.41) is 0. The molecule has 0 bridgehead atoms. The van der Waals surface area contributed by atoms with Crippen LogP contribution in [0.1, 0.15) is 42.4 Å². The predicted molar refractivity (Wildman–Crippen MR) is 117 cm³/mol. The quantitative estimate of drug-likeness (QED) is 0.583. The number of hydrogen-bond acceptors (Lipinski definition) is 3. The van der Waals surface area contributed by atoms with Gasteiger partial charge in [-0.2, -0.15) is 0 Å². The van der Waals surface area contributed by atoms with Crippen LogP contribution in [0.5, 0.6) is 5.75 Å². The number of ether oxygens (including phenoxy) is 1. The van der Waals surface area contributed by atoms with Crippen LogP contribution in [0.25, 0.3) is 0 Å². The summed E-state index contributed by atoms with van der Waals surface area (Å²) in [6.07, 6.45) is 0. The fraction of sp³-hybridized carbons (Fsp3) is 0.200. The standard InChI is InChI=1S/C25H26N2O3/c1-18(2)21-15-9-10-16-22(21)30-17-23(28)26-27-25(29)24(19-11-5-3-6-12-19)20-13-7-4-8-14-20/h3-16,18,24H,17H2,1-2H3,(H,26,28)(H,27,29). The molecule has 0 spiro atoms. The number of amides is 2. The number of hydrazine groups is 1. The third-order valence-electron chi connectivity index (χ3n) is 4.75. The molecule has 0 radical (unpaired) electrons. The van der Waals surface area contributed by atoms with Crippen molar-refractivity contribution in [3.8, 4) is 5.75 Å². The Balaban J connectivity index is 1.62. The monoisotopic (exact) mass is 402 g/mol. The van der Waals surface area contributed by atoms with E-state index in [-0.39, 0.29) is 18.4 Å². The number of carbonyl (C=O) groups is 2. The van der Waals surface area contributed by atoms with E-state index in [1.165, 1.54) is 0 Å². The van der Waals surface area contributed by atoms with Crippen molar-refractivity contribution in [1.29, 1.82) is 0 Å². The molecule has 154 valence electrons. The van der Waals surface area contributed by atoms with E-state index in [0.717, 1.165) is 16.7 Å². The van der Waals surface area contributed by atoms with Gasteiger partial charge in [0, 0.05) is 0 Å². The van der Waals surface area contributed by atoms with Gasteiger partial charge in [-0.05, 0) is 28.7 Å². The van der Waals surface area contributed by atoms with E-state index in [4.69, 9.17) is 4.74 Å². The molecule has 0 heterocycles. The third kappa shape index (κ3) is 5.47. The highest BCUT2D eigenvalue weighted by Gasteiger charge is 2.23. The van der Waals surface area contributed by atoms with Crippen LogP contribution in [0.4, 0.5) is 0 Å². The van der Waals surface area contributed by atoms with Crippen LogP contribution in [-0.2, 0) is 9.59 Å². The van der Waals surface area contributed by atoms with E-state index in [1.807, 2.05) is 84.9 Å². The van der Waals surface area contributed by atoms with E-state index >= 15 is 0 Å². The first-order valence-corrected chi connectivity index (χ1v) is 9.96. The number of nitrogens with one attached hydrogen (secondary N) is 2. The summed E-state index contributed by atoms with van der Waals surface area (Å²) in [7, 11) is 0. The van der Waals surface area contributed by atoms with Crippen molar-refractivity contribution in [3.63, 3.8) is 0 Å². The van der Waals surface area contributed by atoms with Crippen LogP contribution in [0, 0.1) is 0 Å². The molecule has 0 unspecified atom stereocenters. The van der Waals surface area contributed by atoms with E-state index in [9.17, 15) is 9.59 Å². The molecule has 5 nitrogen and oxygen atoms in total. The Morgan fingerprint density at radius 1 is 0.767 bits per heavy atom.